The first-order valence-corrected chi connectivity index (χ1v) is 35.8. The number of benzene rings is 14. The van der Waals surface area contributed by atoms with E-state index in [1.807, 2.05) is 36.4 Å². The summed E-state index contributed by atoms with van der Waals surface area (Å²) >= 11 is 0. The largest absolute Gasteiger partial charge is 0.311 e. The topological polar surface area (TPSA) is 45.1 Å². The highest BCUT2D eigenvalue weighted by atomic mass is 15.2. The van der Waals surface area contributed by atoms with Crippen LogP contribution in [0.25, 0.3) is 116 Å². The van der Waals surface area contributed by atoms with E-state index in [0.717, 1.165) is 144 Å². The summed E-state index contributed by atoms with van der Waals surface area (Å²) in [6.07, 6.45) is 0. The van der Waals surface area contributed by atoms with Crippen LogP contribution < -0.4 is 26.2 Å². The second kappa shape index (κ2) is 23.3. The first-order chi connectivity index (χ1) is 53.7. The predicted molar refractivity (Wildman–Crippen MR) is 441 cm³/mol. The van der Waals surface area contributed by atoms with Crippen LogP contribution in [-0.2, 0) is 16.2 Å². The van der Waals surface area contributed by atoms with Gasteiger partial charge < -0.3 is 23.5 Å². The first kappa shape index (κ1) is 54.4. The molecule has 0 saturated heterocycles. The van der Waals surface area contributed by atoms with Gasteiger partial charge in [-0.3, -0.25) is 0 Å². The Balaban J connectivity index is 0.981. The quantitative estimate of drug-likeness (QED) is 0.142. The standard InChI is InChI=1S/C97H77BN6/c1-95(2,3)68-30-24-29-64(50-68)67-53-92-94-93(54-67)104(75-51-65(62-25-12-10-13-26-62)49-66(52-75)63-27-14-11-15-28-63)91-58-71(100-84-35-20-16-31-76(84)77-32-17-21-36-85(77)100)41-43-83(91)98(94)82-44-42-72(101-88-45-39-69(96(4,5)6)55-80(88)81-56-70(97(7,8)9)40-46-89(81)101)59-90(82)103(92)74-48-61(60-99)47-73(57-74)102-86-37-22-18-33-78(86)79-34-19-23-38-87(79)102/h10-59H,1-9H3/i16D,17D,20D,21D,31D,32D,35D,36D. The van der Waals surface area contributed by atoms with E-state index in [1.54, 1.807) is 4.57 Å². The van der Waals surface area contributed by atoms with Crippen LogP contribution in [-0.4, -0.2) is 20.4 Å². The molecule has 2 aliphatic heterocycles. The van der Waals surface area contributed by atoms with Crippen molar-refractivity contribution in [2.45, 2.75) is 78.6 Å². The zero-order valence-electron chi connectivity index (χ0n) is 67.5. The van der Waals surface area contributed by atoms with Gasteiger partial charge in [0.25, 0.3) is 6.71 Å². The molecule has 104 heavy (non-hydrogen) atoms. The van der Waals surface area contributed by atoms with E-state index in [0.29, 0.717) is 11.3 Å². The Kier molecular flexibility index (Phi) is 12.2. The fraction of sp³-hybridized carbons (Fsp3) is 0.124. The number of rotatable bonds is 8. The van der Waals surface area contributed by atoms with Crippen molar-refractivity contribution < 1.29 is 11.0 Å². The van der Waals surface area contributed by atoms with E-state index in [4.69, 9.17) is 2.74 Å². The molecule has 0 unspecified atom stereocenters. The van der Waals surface area contributed by atoms with Gasteiger partial charge in [-0.05, 0) is 204 Å². The molecule has 2 aliphatic rings. The Morgan fingerprint density at radius 2 is 0.721 bits per heavy atom. The molecule has 498 valence electrons. The molecule has 19 rings (SSSR count). The van der Waals surface area contributed by atoms with Gasteiger partial charge in [-0.1, -0.05) is 244 Å². The number of nitrogens with zero attached hydrogens (tertiary/aromatic N) is 6. The highest BCUT2D eigenvalue weighted by molar-refractivity contribution is 7.00. The van der Waals surface area contributed by atoms with Crippen LogP contribution in [0.5, 0.6) is 0 Å². The van der Waals surface area contributed by atoms with Gasteiger partial charge >= 0.3 is 0 Å². The van der Waals surface area contributed by atoms with E-state index >= 15 is 0 Å². The maximum Gasteiger partial charge on any atom is 0.252 e. The van der Waals surface area contributed by atoms with Crippen molar-refractivity contribution in [2.75, 3.05) is 9.80 Å². The lowest BCUT2D eigenvalue weighted by atomic mass is 9.33. The average molecular weight is 1350 g/mol. The Morgan fingerprint density at radius 3 is 1.23 bits per heavy atom. The number of fused-ring (bicyclic) bond motifs is 13. The molecule has 0 bridgehead atoms. The van der Waals surface area contributed by atoms with Gasteiger partial charge in [-0.2, -0.15) is 5.26 Å². The summed E-state index contributed by atoms with van der Waals surface area (Å²) in [5.74, 6) is 0. The summed E-state index contributed by atoms with van der Waals surface area (Å²) in [4.78, 5) is 4.74. The SMILES string of the molecule is [2H]c1c([2H])c([2H])c2c(c1[2H])c1c([2H])c([2H])c([2H])c([2H])c1n2-c1ccc2c(c1)N(c1cc(-c3ccccc3)cc(-c3ccccc3)c1)c1cc(-c3cccc(C(C)(C)C)c3)cc3c1B2c1ccc(-n2c4ccc(C(C)(C)C)cc4c4cc(C(C)(C)C)ccc42)cc1N3c1cc(C#N)cc(-n2c3ccccc3c3ccccc32)c1. The Hall–Kier alpha value is -12.4. The van der Waals surface area contributed by atoms with Crippen molar-refractivity contribution >= 4 is 123 Å². The van der Waals surface area contributed by atoms with Crippen molar-refractivity contribution in [3.8, 4) is 56.5 Å². The molecular formula is C97H77BN6. The van der Waals surface area contributed by atoms with Gasteiger partial charge in [0, 0.05) is 83.5 Å². The molecule has 3 aromatic heterocycles. The predicted octanol–water partition coefficient (Wildman–Crippen LogP) is 23.8. The summed E-state index contributed by atoms with van der Waals surface area (Å²) in [5, 5.41) is 16.1. The molecule has 0 N–H and O–H groups in total. The van der Waals surface area contributed by atoms with Crippen LogP contribution in [0.15, 0.2) is 303 Å². The van der Waals surface area contributed by atoms with E-state index in [1.165, 1.54) is 11.1 Å². The normalized spacial score (nSPS) is 14.1. The second-order valence-corrected chi connectivity index (χ2v) is 31.2. The first-order valence-electron chi connectivity index (χ1n) is 39.8. The summed E-state index contributed by atoms with van der Waals surface area (Å²) < 4.78 is 81.6. The lowest BCUT2D eigenvalue weighted by Crippen LogP contribution is -2.61. The van der Waals surface area contributed by atoms with Crippen LogP contribution in [0.4, 0.5) is 34.1 Å². The molecule has 7 heteroatoms. The minimum absolute atomic E-state index is 0.00540. The minimum atomic E-state index is -0.544. The average Bonchev–Trinajstić information content (AvgIpc) is 1.38. The van der Waals surface area contributed by atoms with Crippen LogP contribution in [0.1, 0.15) is 95.5 Å². The number of aromatic nitrogens is 3. The van der Waals surface area contributed by atoms with Crippen molar-refractivity contribution in [1.29, 1.82) is 5.26 Å². The third kappa shape index (κ3) is 9.98. The summed E-state index contributed by atoms with van der Waals surface area (Å²) in [6.45, 7) is 19.8. The van der Waals surface area contributed by atoms with Gasteiger partial charge in [0.05, 0.1) is 55.7 Å². The van der Waals surface area contributed by atoms with Crippen LogP contribution in [0.3, 0.4) is 0 Å². The van der Waals surface area contributed by atoms with Gasteiger partial charge in [0.1, 0.15) is 0 Å². The van der Waals surface area contributed by atoms with Crippen molar-refractivity contribution in [2.24, 2.45) is 0 Å². The molecule has 0 radical (unpaired) electrons. The van der Waals surface area contributed by atoms with Gasteiger partial charge in [-0.25, -0.2) is 0 Å². The lowest BCUT2D eigenvalue weighted by Gasteiger charge is -2.45. The van der Waals surface area contributed by atoms with Gasteiger partial charge in [0.2, 0.25) is 0 Å². The molecule has 6 nitrogen and oxygen atoms in total. The number of hydrogen-bond donors (Lipinski definition) is 0. The number of nitriles is 1. The second-order valence-electron chi connectivity index (χ2n) is 31.2. The van der Waals surface area contributed by atoms with Gasteiger partial charge in [-0.15, -0.1) is 0 Å². The number of hydrogen-bond acceptors (Lipinski definition) is 3. The maximum atomic E-state index is 11.7. The molecule has 17 aromatic rings. The highest BCUT2D eigenvalue weighted by Crippen LogP contribution is 2.51. The molecule has 0 saturated carbocycles. The van der Waals surface area contributed by atoms with Crippen LogP contribution in [0, 0.1) is 11.3 Å². The van der Waals surface area contributed by atoms with Crippen molar-refractivity contribution in [3.05, 3.63) is 325 Å². The third-order valence-corrected chi connectivity index (χ3v) is 21.7. The Morgan fingerprint density at radius 1 is 0.298 bits per heavy atom. The van der Waals surface area contributed by atoms with Gasteiger partial charge in [0.15, 0.2) is 0 Å². The molecule has 0 aliphatic carbocycles. The lowest BCUT2D eigenvalue weighted by molar-refractivity contribution is 0.590. The Labute approximate surface area is 619 Å². The molecule has 5 heterocycles. The van der Waals surface area contributed by atoms with Crippen molar-refractivity contribution in [3.63, 3.8) is 0 Å². The fourth-order valence-corrected chi connectivity index (χ4v) is 16.5. The smallest absolute Gasteiger partial charge is 0.252 e. The molecule has 0 atom stereocenters. The van der Waals surface area contributed by atoms with Crippen LogP contribution >= 0.6 is 0 Å². The highest BCUT2D eigenvalue weighted by Gasteiger charge is 2.45. The zero-order chi connectivity index (χ0) is 77.6. The minimum Gasteiger partial charge on any atom is -0.311 e. The maximum absolute atomic E-state index is 11.7. The molecular weight excluding hydrogens is 1260 g/mol. The van der Waals surface area contributed by atoms with E-state index in [2.05, 4.69) is 306 Å². The molecule has 0 spiro atoms. The molecule has 0 amide bonds. The zero-order valence-corrected chi connectivity index (χ0v) is 59.5. The van der Waals surface area contributed by atoms with E-state index < -0.39 is 43.0 Å². The molecule has 0 fully saturated rings. The summed E-state index contributed by atoms with van der Waals surface area (Å²) in [7, 11) is 0. The fourth-order valence-electron chi connectivity index (χ4n) is 16.5. The van der Waals surface area contributed by atoms with Crippen molar-refractivity contribution in [1.82, 2.24) is 13.7 Å². The Bertz CT molecular complexity index is 6710. The van der Waals surface area contributed by atoms with E-state index in [9.17, 15) is 13.5 Å². The number of para-hydroxylation sites is 4. The van der Waals surface area contributed by atoms with E-state index in [-0.39, 0.29) is 50.1 Å². The summed E-state index contributed by atoms with van der Waals surface area (Å²) in [5.41, 5.74) is 23.3. The monoisotopic (exact) mass is 1340 g/mol. The summed E-state index contributed by atoms with van der Waals surface area (Å²) in [6, 6.07) is 90.0. The van der Waals surface area contributed by atoms with Crippen LogP contribution in [0.2, 0.25) is 0 Å². The number of anilines is 6. The third-order valence-electron chi connectivity index (χ3n) is 21.7. The molecule has 14 aromatic carbocycles.